The average molecular weight is 864 g/mol. The first-order valence-electron chi connectivity index (χ1n) is 13.1. The second-order valence-corrected chi connectivity index (χ2v) is 11.1. The standard InChI is InChI=1S/C12H8N2.2C10H7Cl2NO.Er.NO3/c1-3-9-5-6-10-4-2-8-14-12(10)11(9)13-7-1;2*1-5-2-3-6-7(11)4-8(12)10(14)9(6)13-5;;2-1(3)4/h1-8H;2*2-4,14H,1H3;;/q;;;+3;-1/p-2. The van der Waals surface area contributed by atoms with Crippen molar-refractivity contribution in [2.45, 2.75) is 13.8 Å². The second-order valence-electron chi connectivity index (χ2n) is 9.48. The van der Waals surface area contributed by atoms with Gasteiger partial charge in [-0.1, -0.05) is 82.2 Å². The first kappa shape index (κ1) is 38.0. The Labute approximate surface area is 317 Å². The molecule has 0 saturated heterocycles. The van der Waals surface area contributed by atoms with Crippen LogP contribution < -0.4 is 10.2 Å². The van der Waals surface area contributed by atoms with Crippen LogP contribution in [0.3, 0.4) is 0 Å². The third kappa shape index (κ3) is 9.54. The van der Waals surface area contributed by atoms with Gasteiger partial charge in [-0.25, -0.2) is 0 Å². The van der Waals surface area contributed by atoms with Crippen molar-refractivity contribution in [1.29, 1.82) is 0 Å². The largest absolute Gasteiger partial charge is 3.00 e. The molecule has 7 rings (SSSR count). The summed E-state index contributed by atoms with van der Waals surface area (Å²) in [4.78, 5) is 25.2. The molecule has 0 aliphatic heterocycles. The Hall–Kier alpha value is -3.49. The molecule has 47 heavy (non-hydrogen) atoms. The predicted molar refractivity (Wildman–Crippen MR) is 179 cm³/mol. The van der Waals surface area contributed by atoms with E-state index in [1.165, 1.54) is 12.1 Å². The number of nitrogens with zero attached hydrogens (tertiary/aromatic N) is 5. The molecule has 0 atom stereocenters. The predicted octanol–water partition coefficient (Wildman–Crippen LogP) is 8.39. The van der Waals surface area contributed by atoms with Gasteiger partial charge in [-0.2, -0.15) is 0 Å². The minimum absolute atomic E-state index is 0. The summed E-state index contributed by atoms with van der Waals surface area (Å²) in [6.45, 7) is 3.63. The fourth-order valence-corrected chi connectivity index (χ4v) is 5.29. The Bertz CT molecular complexity index is 2070. The van der Waals surface area contributed by atoms with Gasteiger partial charge in [-0.3, -0.25) is 19.9 Å². The molecule has 3 aromatic carbocycles. The van der Waals surface area contributed by atoms with Crippen LogP contribution in [0.2, 0.25) is 20.1 Å². The van der Waals surface area contributed by atoms with Crippen LogP contribution in [0.15, 0.2) is 85.2 Å². The van der Waals surface area contributed by atoms with Crippen molar-refractivity contribution in [3.8, 4) is 11.5 Å². The zero-order valence-electron chi connectivity index (χ0n) is 24.2. The Morgan fingerprint density at radius 1 is 0.574 bits per heavy atom. The average Bonchev–Trinajstić information content (AvgIpc) is 3.03. The van der Waals surface area contributed by atoms with E-state index in [1.807, 2.05) is 38.1 Å². The second kappa shape index (κ2) is 17.1. The molecular formula is C32H20Cl4ErN5O5. The normalized spacial score (nSPS) is 10.2. The number of rotatable bonds is 0. The molecule has 1 radical (unpaired) electrons. The topological polar surface area (TPSA) is 164 Å². The SMILES string of the molecule is Cc1ccc2c(Cl)cc(Cl)c([O-])c2n1.Cc1ccc2c(Cl)cc(Cl)c([O-])c2n1.O=[N+]([O-])[O-].[Er+3].c1cnc2c(c1)ccc1cccnc12. The molecule has 0 spiro atoms. The number of hydrogen-bond donors (Lipinski definition) is 0. The van der Waals surface area contributed by atoms with Gasteiger partial charge in [-0.05, 0) is 62.4 Å². The molecule has 15 heteroatoms. The van der Waals surface area contributed by atoms with Crippen LogP contribution in [0.4, 0.5) is 0 Å². The van der Waals surface area contributed by atoms with Crippen LogP contribution in [0.5, 0.6) is 11.5 Å². The molecule has 4 aromatic heterocycles. The molecule has 0 N–H and O–H groups in total. The number of pyridine rings is 4. The molecule has 0 fully saturated rings. The molecule has 10 nitrogen and oxygen atoms in total. The summed E-state index contributed by atoms with van der Waals surface area (Å²) in [6.07, 6.45) is 3.60. The zero-order chi connectivity index (χ0) is 33.5. The van der Waals surface area contributed by atoms with Crippen LogP contribution in [-0.4, -0.2) is 25.0 Å². The maximum Gasteiger partial charge on any atom is 3.00 e. The Balaban J connectivity index is 0.000000179. The van der Waals surface area contributed by atoms with Gasteiger partial charge >= 0.3 is 37.3 Å². The summed E-state index contributed by atoms with van der Waals surface area (Å²) >= 11 is 23.3. The minimum Gasteiger partial charge on any atom is -0.870 e. The van der Waals surface area contributed by atoms with Gasteiger partial charge < -0.3 is 25.5 Å². The van der Waals surface area contributed by atoms with Crippen LogP contribution in [-0.2, 0) is 0 Å². The van der Waals surface area contributed by atoms with Gasteiger partial charge in [-0.15, -0.1) is 0 Å². The van der Waals surface area contributed by atoms with Crippen LogP contribution in [0.1, 0.15) is 11.4 Å². The van der Waals surface area contributed by atoms with Crippen LogP contribution >= 0.6 is 46.4 Å². The first-order chi connectivity index (χ1) is 21.9. The molecule has 0 unspecified atom stereocenters. The molecule has 0 bridgehead atoms. The molecule has 7 aromatic rings. The van der Waals surface area contributed by atoms with E-state index in [4.69, 9.17) is 61.7 Å². The number of halogens is 4. The van der Waals surface area contributed by atoms with Gasteiger partial charge in [0.1, 0.15) is 0 Å². The van der Waals surface area contributed by atoms with E-state index in [9.17, 15) is 10.2 Å². The number of benzene rings is 3. The number of aryl methyl sites for hydroxylation is 2. The molecule has 0 aliphatic carbocycles. The van der Waals surface area contributed by atoms with E-state index < -0.39 is 5.09 Å². The van der Waals surface area contributed by atoms with Crippen LogP contribution in [0, 0.1) is 66.5 Å². The van der Waals surface area contributed by atoms with Gasteiger partial charge in [0, 0.05) is 55.4 Å². The van der Waals surface area contributed by atoms with E-state index in [0.717, 1.165) is 33.2 Å². The first-order valence-corrected chi connectivity index (χ1v) is 14.6. The van der Waals surface area contributed by atoms with E-state index in [1.54, 1.807) is 24.5 Å². The van der Waals surface area contributed by atoms with Crippen LogP contribution in [0.25, 0.3) is 43.6 Å². The van der Waals surface area contributed by atoms with Crippen molar-refractivity contribution in [1.82, 2.24) is 19.9 Å². The number of hydrogen-bond acceptors (Lipinski definition) is 9. The van der Waals surface area contributed by atoms with E-state index >= 15 is 0 Å². The van der Waals surface area contributed by atoms with Crippen molar-refractivity contribution in [3.05, 3.63) is 132 Å². The Morgan fingerprint density at radius 3 is 1.30 bits per heavy atom. The molecule has 0 saturated carbocycles. The van der Waals surface area contributed by atoms with E-state index in [-0.39, 0.29) is 58.8 Å². The van der Waals surface area contributed by atoms with Gasteiger partial charge in [0.15, 0.2) is 0 Å². The molecular weight excluding hydrogens is 843 g/mol. The summed E-state index contributed by atoms with van der Waals surface area (Å²) < 4.78 is 0. The van der Waals surface area contributed by atoms with Gasteiger partial charge in [0.25, 0.3) is 0 Å². The third-order valence-electron chi connectivity index (χ3n) is 6.30. The zero-order valence-corrected chi connectivity index (χ0v) is 29.0. The smallest absolute Gasteiger partial charge is 0.870 e. The molecule has 0 aliphatic rings. The van der Waals surface area contributed by atoms with E-state index in [0.29, 0.717) is 31.9 Å². The van der Waals surface area contributed by atoms with E-state index in [2.05, 4.69) is 44.2 Å². The maximum absolute atomic E-state index is 11.6. The van der Waals surface area contributed by atoms with Crippen molar-refractivity contribution in [3.63, 3.8) is 0 Å². The fraction of sp³-hybridized carbons (Fsp3) is 0.0625. The fourth-order valence-electron chi connectivity index (χ4n) is 4.26. The molecule has 0 amide bonds. The Morgan fingerprint density at radius 2 is 0.936 bits per heavy atom. The van der Waals surface area contributed by atoms with Crippen molar-refractivity contribution in [2.75, 3.05) is 0 Å². The third-order valence-corrected chi connectivity index (χ3v) is 7.49. The van der Waals surface area contributed by atoms with Gasteiger partial charge in [0.2, 0.25) is 0 Å². The van der Waals surface area contributed by atoms with Gasteiger partial charge in [0.05, 0.1) is 37.2 Å². The maximum atomic E-state index is 11.6. The number of fused-ring (bicyclic) bond motifs is 5. The summed E-state index contributed by atoms with van der Waals surface area (Å²) in [6, 6.07) is 22.2. The summed E-state index contributed by atoms with van der Waals surface area (Å²) in [5, 5.41) is 42.6. The summed E-state index contributed by atoms with van der Waals surface area (Å²) in [5.74, 6) is -0.537. The van der Waals surface area contributed by atoms with Crippen molar-refractivity contribution in [2.24, 2.45) is 0 Å². The summed E-state index contributed by atoms with van der Waals surface area (Å²) in [5.41, 5.74) is 4.17. The molecule has 4 heterocycles. The molecule has 243 valence electrons. The van der Waals surface area contributed by atoms with Crippen molar-refractivity contribution < 1.29 is 52.6 Å². The number of aromatic nitrogens is 4. The summed E-state index contributed by atoms with van der Waals surface area (Å²) in [7, 11) is 0. The minimum atomic E-state index is -1.75. The Kier molecular flexibility index (Phi) is 13.8. The van der Waals surface area contributed by atoms with Crippen molar-refractivity contribution >= 4 is 90.0 Å². The quantitative estimate of drug-likeness (QED) is 0.0828. The monoisotopic (exact) mass is 860 g/mol.